The van der Waals surface area contributed by atoms with Gasteiger partial charge in [0.15, 0.2) is 0 Å². The standard InChI is InChI=1S/C14H17Cl2NOS/c1-4-17(8-10(2)3)14(18)9-19-13-7-11(15)5-6-12(13)16/h5-7H,2,4,8-9H2,1,3H3. The van der Waals surface area contributed by atoms with Crippen LogP contribution in [0.25, 0.3) is 0 Å². The second-order valence-corrected chi connectivity index (χ2v) is 6.09. The number of benzene rings is 1. The minimum atomic E-state index is 0.0755. The lowest BCUT2D eigenvalue weighted by atomic mass is 10.3. The third-order valence-corrected chi connectivity index (χ3v) is 4.16. The van der Waals surface area contributed by atoms with E-state index >= 15 is 0 Å². The van der Waals surface area contributed by atoms with E-state index in [1.807, 2.05) is 13.8 Å². The van der Waals surface area contributed by atoms with E-state index < -0.39 is 0 Å². The first kappa shape index (κ1) is 16.4. The molecule has 0 fully saturated rings. The lowest BCUT2D eigenvalue weighted by molar-refractivity contribution is -0.127. The van der Waals surface area contributed by atoms with Gasteiger partial charge in [0.25, 0.3) is 0 Å². The highest BCUT2D eigenvalue weighted by Crippen LogP contribution is 2.29. The second-order valence-electron chi connectivity index (χ2n) is 4.23. The third-order valence-electron chi connectivity index (χ3n) is 2.44. The average Bonchev–Trinajstić information content (AvgIpc) is 2.36. The van der Waals surface area contributed by atoms with Gasteiger partial charge in [-0.05, 0) is 32.0 Å². The Balaban J connectivity index is 2.62. The quantitative estimate of drug-likeness (QED) is 0.568. The minimum Gasteiger partial charge on any atom is -0.338 e. The predicted molar refractivity (Wildman–Crippen MR) is 84.3 cm³/mol. The number of hydrogen-bond acceptors (Lipinski definition) is 2. The van der Waals surface area contributed by atoms with Crippen LogP contribution in [0.2, 0.25) is 10.0 Å². The van der Waals surface area contributed by atoms with E-state index in [2.05, 4.69) is 6.58 Å². The minimum absolute atomic E-state index is 0.0755. The molecule has 0 aromatic heterocycles. The van der Waals surface area contributed by atoms with E-state index in [4.69, 9.17) is 23.2 Å². The topological polar surface area (TPSA) is 20.3 Å². The maximum absolute atomic E-state index is 12.1. The zero-order valence-corrected chi connectivity index (χ0v) is 13.4. The number of carbonyl (C=O) groups is 1. The zero-order valence-electron chi connectivity index (χ0n) is 11.1. The summed E-state index contributed by atoms with van der Waals surface area (Å²) in [6.45, 7) is 8.97. The van der Waals surface area contributed by atoms with Crippen LogP contribution in [-0.2, 0) is 4.79 Å². The first-order chi connectivity index (χ1) is 8.93. The Labute approximate surface area is 128 Å². The van der Waals surface area contributed by atoms with E-state index in [1.165, 1.54) is 11.8 Å². The second kappa shape index (κ2) is 7.83. The molecule has 0 saturated carbocycles. The molecule has 0 atom stereocenters. The monoisotopic (exact) mass is 317 g/mol. The fraction of sp³-hybridized carbons (Fsp3) is 0.357. The molecule has 0 aliphatic heterocycles. The molecule has 0 heterocycles. The molecule has 0 spiro atoms. The van der Waals surface area contributed by atoms with Gasteiger partial charge >= 0.3 is 0 Å². The van der Waals surface area contributed by atoms with Crippen molar-refractivity contribution in [3.8, 4) is 0 Å². The molecule has 1 aromatic carbocycles. The van der Waals surface area contributed by atoms with Crippen LogP contribution >= 0.6 is 35.0 Å². The number of halogens is 2. The molecular formula is C14H17Cl2NOS. The van der Waals surface area contributed by atoms with E-state index in [0.717, 1.165) is 10.5 Å². The Morgan fingerprint density at radius 3 is 2.68 bits per heavy atom. The first-order valence-corrected chi connectivity index (χ1v) is 7.68. The van der Waals surface area contributed by atoms with Gasteiger partial charge in [-0.15, -0.1) is 11.8 Å². The summed E-state index contributed by atoms with van der Waals surface area (Å²) in [4.78, 5) is 14.7. The van der Waals surface area contributed by atoms with Crippen molar-refractivity contribution in [1.82, 2.24) is 4.90 Å². The van der Waals surface area contributed by atoms with Crippen LogP contribution in [0.3, 0.4) is 0 Å². The van der Waals surface area contributed by atoms with Gasteiger partial charge in [0.2, 0.25) is 5.91 Å². The Morgan fingerprint density at radius 1 is 1.42 bits per heavy atom. The van der Waals surface area contributed by atoms with Crippen molar-refractivity contribution in [1.29, 1.82) is 0 Å². The highest BCUT2D eigenvalue weighted by Gasteiger charge is 2.13. The average molecular weight is 318 g/mol. The van der Waals surface area contributed by atoms with Crippen LogP contribution in [-0.4, -0.2) is 29.6 Å². The van der Waals surface area contributed by atoms with Crippen molar-refractivity contribution in [2.24, 2.45) is 0 Å². The molecule has 0 aliphatic rings. The molecule has 19 heavy (non-hydrogen) atoms. The van der Waals surface area contributed by atoms with Crippen LogP contribution in [0.5, 0.6) is 0 Å². The normalized spacial score (nSPS) is 10.3. The molecule has 1 amide bonds. The maximum atomic E-state index is 12.1. The van der Waals surface area contributed by atoms with E-state index in [1.54, 1.807) is 23.1 Å². The summed E-state index contributed by atoms with van der Waals surface area (Å²) in [5.41, 5.74) is 0.973. The SMILES string of the molecule is C=C(C)CN(CC)C(=O)CSc1cc(Cl)ccc1Cl. The molecular weight excluding hydrogens is 301 g/mol. The summed E-state index contributed by atoms with van der Waals surface area (Å²) < 4.78 is 0. The molecule has 0 aliphatic carbocycles. The first-order valence-electron chi connectivity index (χ1n) is 5.94. The van der Waals surface area contributed by atoms with E-state index in [0.29, 0.717) is 28.9 Å². The molecule has 0 unspecified atom stereocenters. The van der Waals surface area contributed by atoms with Gasteiger partial charge < -0.3 is 4.90 Å². The summed E-state index contributed by atoms with van der Waals surface area (Å²) in [7, 11) is 0. The van der Waals surface area contributed by atoms with Crippen molar-refractivity contribution in [3.05, 3.63) is 40.4 Å². The Morgan fingerprint density at radius 2 is 2.11 bits per heavy atom. The number of likely N-dealkylation sites (N-methyl/N-ethyl adjacent to an activating group) is 1. The molecule has 0 bridgehead atoms. The number of nitrogens with zero attached hydrogens (tertiary/aromatic N) is 1. The van der Waals surface area contributed by atoms with Crippen molar-refractivity contribution >= 4 is 40.9 Å². The Kier molecular flexibility index (Phi) is 6.76. The van der Waals surface area contributed by atoms with Crippen LogP contribution < -0.4 is 0 Å². The fourth-order valence-electron chi connectivity index (χ4n) is 1.52. The van der Waals surface area contributed by atoms with Crippen LogP contribution in [0.1, 0.15) is 13.8 Å². The van der Waals surface area contributed by atoms with Crippen LogP contribution in [0.15, 0.2) is 35.2 Å². The number of hydrogen-bond donors (Lipinski definition) is 0. The van der Waals surface area contributed by atoms with Gasteiger partial charge in [-0.25, -0.2) is 0 Å². The third kappa shape index (κ3) is 5.47. The molecule has 0 N–H and O–H groups in total. The summed E-state index contributed by atoms with van der Waals surface area (Å²) in [5, 5.41) is 1.23. The number of rotatable bonds is 6. The smallest absolute Gasteiger partial charge is 0.233 e. The molecule has 1 rings (SSSR count). The lowest BCUT2D eigenvalue weighted by Crippen LogP contribution is -2.33. The van der Waals surface area contributed by atoms with Gasteiger partial charge in [0.05, 0.1) is 10.8 Å². The van der Waals surface area contributed by atoms with Gasteiger partial charge in [-0.1, -0.05) is 35.4 Å². The van der Waals surface area contributed by atoms with Gasteiger partial charge in [-0.3, -0.25) is 4.79 Å². The largest absolute Gasteiger partial charge is 0.338 e. The van der Waals surface area contributed by atoms with Crippen molar-refractivity contribution < 1.29 is 4.79 Å². The molecule has 1 aromatic rings. The summed E-state index contributed by atoms with van der Waals surface area (Å²) in [5.74, 6) is 0.424. The van der Waals surface area contributed by atoms with E-state index in [9.17, 15) is 4.79 Å². The number of thioether (sulfide) groups is 1. The van der Waals surface area contributed by atoms with Crippen molar-refractivity contribution in [3.63, 3.8) is 0 Å². The Bertz CT molecular complexity index is 477. The molecule has 0 radical (unpaired) electrons. The highest BCUT2D eigenvalue weighted by molar-refractivity contribution is 8.00. The van der Waals surface area contributed by atoms with Crippen molar-refractivity contribution in [2.75, 3.05) is 18.8 Å². The van der Waals surface area contributed by atoms with Crippen molar-refractivity contribution in [2.45, 2.75) is 18.7 Å². The summed E-state index contributed by atoms with van der Waals surface area (Å²) in [6.07, 6.45) is 0. The predicted octanol–water partition coefficient (Wildman–Crippen LogP) is 4.51. The lowest BCUT2D eigenvalue weighted by Gasteiger charge is -2.20. The molecule has 2 nitrogen and oxygen atoms in total. The van der Waals surface area contributed by atoms with Crippen LogP contribution in [0, 0.1) is 0 Å². The summed E-state index contributed by atoms with van der Waals surface area (Å²) in [6, 6.07) is 5.24. The zero-order chi connectivity index (χ0) is 14.4. The number of carbonyl (C=O) groups excluding carboxylic acids is 1. The fourth-order valence-corrected chi connectivity index (χ4v) is 2.92. The van der Waals surface area contributed by atoms with Gasteiger partial charge in [0, 0.05) is 23.0 Å². The van der Waals surface area contributed by atoms with E-state index in [-0.39, 0.29) is 5.91 Å². The molecule has 5 heteroatoms. The molecule has 104 valence electrons. The van der Waals surface area contributed by atoms with Crippen LogP contribution in [0.4, 0.5) is 0 Å². The van der Waals surface area contributed by atoms with Gasteiger partial charge in [0.1, 0.15) is 0 Å². The maximum Gasteiger partial charge on any atom is 0.233 e. The number of amides is 1. The highest BCUT2D eigenvalue weighted by atomic mass is 35.5. The Hall–Kier alpha value is -0.640. The molecule has 0 saturated heterocycles. The summed E-state index contributed by atoms with van der Waals surface area (Å²) >= 11 is 13.4. The van der Waals surface area contributed by atoms with Gasteiger partial charge in [-0.2, -0.15) is 0 Å².